The van der Waals surface area contributed by atoms with Gasteiger partial charge in [-0.2, -0.15) is 0 Å². The van der Waals surface area contributed by atoms with Crippen LogP contribution in [0, 0.1) is 5.41 Å². The molecule has 1 aromatic heterocycles. The maximum atomic E-state index is 7.18. The third-order valence-electron chi connectivity index (χ3n) is 2.60. The van der Waals surface area contributed by atoms with Crippen molar-refractivity contribution in [2.75, 3.05) is 13.2 Å². The van der Waals surface area contributed by atoms with Crippen molar-refractivity contribution in [1.82, 2.24) is 9.97 Å². The van der Waals surface area contributed by atoms with E-state index in [1.54, 1.807) is 0 Å². The molecule has 0 aromatic carbocycles. The summed E-state index contributed by atoms with van der Waals surface area (Å²) in [4.78, 5) is 7.99. The predicted molar refractivity (Wildman–Crippen MR) is 62.1 cm³/mol. The van der Waals surface area contributed by atoms with E-state index in [-0.39, 0.29) is 11.9 Å². The molecule has 1 atom stereocenters. The Bertz CT molecular complexity index is 374. The zero-order valence-corrected chi connectivity index (χ0v) is 9.56. The highest BCUT2D eigenvalue weighted by molar-refractivity contribution is 5.92. The van der Waals surface area contributed by atoms with Crippen molar-refractivity contribution in [3.05, 3.63) is 18.1 Å². The van der Waals surface area contributed by atoms with Gasteiger partial charge in [-0.05, 0) is 19.3 Å². The lowest BCUT2D eigenvalue weighted by atomic mass is 10.1. The molecule has 2 heterocycles. The van der Waals surface area contributed by atoms with E-state index in [1.165, 1.54) is 18.8 Å². The number of nitrogens with two attached hydrogens (primary N) is 1. The van der Waals surface area contributed by atoms with E-state index in [1.807, 2.05) is 0 Å². The van der Waals surface area contributed by atoms with Crippen LogP contribution in [0.3, 0.4) is 0 Å². The molecule has 1 aliphatic heterocycles. The van der Waals surface area contributed by atoms with Crippen LogP contribution in [0.15, 0.2) is 12.4 Å². The standard InChI is InChI=1S/C11H16N4O2/c12-11(13)9-5-15-10(6-14-9)17-7-8-3-1-2-4-16-8/h5-6,8H,1-4,7H2,(H3,12,13). The van der Waals surface area contributed by atoms with Crippen LogP contribution in [0.25, 0.3) is 0 Å². The zero-order chi connectivity index (χ0) is 12.1. The smallest absolute Gasteiger partial charge is 0.232 e. The predicted octanol–water partition coefficient (Wildman–Crippen LogP) is 0.709. The molecule has 0 spiro atoms. The molecule has 0 aliphatic carbocycles. The Labute approximate surface area is 99.7 Å². The highest BCUT2D eigenvalue weighted by Gasteiger charge is 2.14. The minimum atomic E-state index is -0.0975. The third-order valence-corrected chi connectivity index (χ3v) is 2.60. The number of nitrogen functional groups attached to an aromatic ring is 1. The first-order valence-electron chi connectivity index (χ1n) is 5.66. The Morgan fingerprint density at radius 1 is 1.47 bits per heavy atom. The van der Waals surface area contributed by atoms with Crippen LogP contribution >= 0.6 is 0 Å². The molecule has 1 unspecified atom stereocenters. The van der Waals surface area contributed by atoms with Crippen molar-refractivity contribution >= 4 is 5.84 Å². The molecule has 1 aliphatic rings. The number of nitrogens with one attached hydrogen (secondary N) is 1. The second-order valence-corrected chi connectivity index (χ2v) is 3.95. The lowest BCUT2D eigenvalue weighted by Crippen LogP contribution is -2.26. The van der Waals surface area contributed by atoms with Gasteiger partial charge in [0.25, 0.3) is 0 Å². The summed E-state index contributed by atoms with van der Waals surface area (Å²) < 4.78 is 11.0. The average Bonchev–Trinajstić information content (AvgIpc) is 2.38. The molecule has 3 N–H and O–H groups in total. The van der Waals surface area contributed by atoms with E-state index in [9.17, 15) is 0 Å². The summed E-state index contributed by atoms with van der Waals surface area (Å²) in [5.41, 5.74) is 5.63. The second kappa shape index (κ2) is 5.58. The van der Waals surface area contributed by atoms with Gasteiger partial charge in [0, 0.05) is 6.61 Å². The summed E-state index contributed by atoms with van der Waals surface area (Å²) in [6.07, 6.45) is 6.39. The highest BCUT2D eigenvalue weighted by atomic mass is 16.5. The van der Waals surface area contributed by atoms with E-state index in [4.69, 9.17) is 20.6 Å². The molecular weight excluding hydrogens is 220 g/mol. The number of rotatable bonds is 4. The summed E-state index contributed by atoms with van der Waals surface area (Å²) in [6.45, 7) is 1.30. The Hall–Kier alpha value is -1.69. The first-order valence-corrected chi connectivity index (χ1v) is 5.66. The Morgan fingerprint density at radius 2 is 2.35 bits per heavy atom. The normalized spacial score (nSPS) is 19.9. The largest absolute Gasteiger partial charge is 0.474 e. The van der Waals surface area contributed by atoms with Crippen molar-refractivity contribution in [3.8, 4) is 5.88 Å². The van der Waals surface area contributed by atoms with E-state index in [0.29, 0.717) is 18.2 Å². The number of nitrogens with zero attached hydrogens (tertiary/aromatic N) is 2. The van der Waals surface area contributed by atoms with Crippen molar-refractivity contribution in [2.24, 2.45) is 5.73 Å². The molecule has 6 nitrogen and oxygen atoms in total. The van der Waals surface area contributed by atoms with Crippen LogP contribution in [0.4, 0.5) is 0 Å². The maximum Gasteiger partial charge on any atom is 0.232 e. The fourth-order valence-corrected chi connectivity index (χ4v) is 1.65. The van der Waals surface area contributed by atoms with Crippen LogP contribution in [-0.4, -0.2) is 35.1 Å². The third kappa shape index (κ3) is 3.39. The van der Waals surface area contributed by atoms with Crippen molar-refractivity contribution < 1.29 is 9.47 Å². The number of aromatic nitrogens is 2. The molecule has 0 saturated carbocycles. The van der Waals surface area contributed by atoms with Gasteiger partial charge in [0.2, 0.25) is 5.88 Å². The fraction of sp³-hybridized carbons (Fsp3) is 0.545. The molecule has 1 fully saturated rings. The van der Waals surface area contributed by atoms with E-state index in [0.717, 1.165) is 19.4 Å². The van der Waals surface area contributed by atoms with Gasteiger partial charge in [0.1, 0.15) is 18.1 Å². The monoisotopic (exact) mass is 236 g/mol. The minimum Gasteiger partial charge on any atom is -0.474 e. The minimum absolute atomic E-state index is 0.0975. The van der Waals surface area contributed by atoms with Crippen molar-refractivity contribution in [2.45, 2.75) is 25.4 Å². The van der Waals surface area contributed by atoms with Gasteiger partial charge < -0.3 is 15.2 Å². The van der Waals surface area contributed by atoms with Crippen LogP contribution in [0.5, 0.6) is 5.88 Å². The van der Waals surface area contributed by atoms with Crippen LogP contribution in [0.1, 0.15) is 25.0 Å². The van der Waals surface area contributed by atoms with E-state index >= 15 is 0 Å². The van der Waals surface area contributed by atoms with Gasteiger partial charge in [0.15, 0.2) is 0 Å². The van der Waals surface area contributed by atoms with Crippen molar-refractivity contribution in [3.63, 3.8) is 0 Å². The molecule has 0 amide bonds. The Kier molecular flexibility index (Phi) is 3.87. The van der Waals surface area contributed by atoms with Crippen LogP contribution < -0.4 is 10.5 Å². The number of hydrogen-bond donors (Lipinski definition) is 2. The molecular formula is C11H16N4O2. The summed E-state index contributed by atoms with van der Waals surface area (Å²) in [5.74, 6) is 0.337. The summed E-state index contributed by atoms with van der Waals surface area (Å²) >= 11 is 0. The van der Waals surface area contributed by atoms with Gasteiger partial charge in [0.05, 0.1) is 18.5 Å². The van der Waals surface area contributed by atoms with Gasteiger partial charge in [-0.15, -0.1) is 0 Å². The summed E-state index contributed by atoms with van der Waals surface area (Å²) in [5, 5.41) is 7.18. The summed E-state index contributed by atoms with van der Waals surface area (Å²) in [7, 11) is 0. The SMILES string of the molecule is N=C(N)c1cnc(OCC2CCCCO2)cn1. The molecule has 1 aromatic rings. The Morgan fingerprint density at radius 3 is 2.94 bits per heavy atom. The second-order valence-electron chi connectivity index (χ2n) is 3.95. The van der Waals surface area contributed by atoms with Crippen LogP contribution in [-0.2, 0) is 4.74 Å². The number of hydrogen-bond acceptors (Lipinski definition) is 5. The topological polar surface area (TPSA) is 94.1 Å². The lowest BCUT2D eigenvalue weighted by Gasteiger charge is -2.22. The molecule has 92 valence electrons. The maximum absolute atomic E-state index is 7.18. The molecule has 17 heavy (non-hydrogen) atoms. The quantitative estimate of drug-likeness (QED) is 0.593. The summed E-state index contributed by atoms with van der Waals surface area (Å²) in [6, 6.07) is 0. The van der Waals surface area contributed by atoms with Crippen LogP contribution in [0.2, 0.25) is 0 Å². The van der Waals surface area contributed by atoms with Crippen molar-refractivity contribution in [1.29, 1.82) is 5.41 Å². The molecule has 0 bridgehead atoms. The van der Waals surface area contributed by atoms with Gasteiger partial charge in [-0.3, -0.25) is 5.41 Å². The fourth-order valence-electron chi connectivity index (χ4n) is 1.65. The van der Waals surface area contributed by atoms with Gasteiger partial charge in [-0.1, -0.05) is 0 Å². The van der Waals surface area contributed by atoms with Gasteiger partial charge >= 0.3 is 0 Å². The molecule has 2 rings (SSSR count). The lowest BCUT2D eigenvalue weighted by molar-refractivity contribution is -0.0120. The molecule has 0 radical (unpaired) electrons. The number of ether oxygens (including phenoxy) is 2. The van der Waals surface area contributed by atoms with Gasteiger partial charge in [-0.25, -0.2) is 9.97 Å². The molecule has 1 saturated heterocycles. The Balaban J connectivity index is 1.84. The van der Waals surface area contributed by atoms with E-state index in [2.05, 4.69) is 9.97 Å². The first kappa shape index (κ1) is 11.8. The highest BCUT2D eigenvalue weighted by Crippen LogP contribution is 2.14. The molecule has 6 heteroatoms. The average molecular weight is 236 g/mol. The zero-order valence-electron chi connectivity index (χ0n) is 9.56. The number of amidine groups is 1. The first-order chi connectivity index (χ1) is 8.25. The van der Waals surface area contributed by atoms with E-state index < -0.39 is 0 Å².